The molecule has 12 aromatic rings. The molecule has 0 aliphatic carbocycles. The average Bonchev–Trinajstić information content (AvgIpc) is 3.86. The maximum absolute atomic E-state index is 6.43. The zero-order chi connectivity index (χ0) is 38.9. The summed E-state index contributed by atoms with van der Waals surface area (Å²) in [6.45, 7) is 0. The number of rotatable bonds is 6. The van der Waals surface area contributed by atoms with E-state index in [1.54, 1.807) is 0 Å². The first kappa shape index (κ1) is 33.7. The van der Waals surface area contributed by atoms with Crippen LogP contribution in [0.1, 0.15) is 0 Å². The molecule has 0 spiro atoms. The second-order valence-corrected chi connectivity index (χ2v) is 16.3. The van der Waals surface area contributed by atoms with Crippen molar-refractivity contribution >= 4 is 92.1 Å². The van der Waals surface area contributed by atoms with Crippen LogP contribution in [-0.2, 0) is 0 Å². The first-order valence-corrected chi connectivity index (χ1v) is 20.9. The summed E-state index contributed by atoms with van der Waals surface area (Å²) >= 11 is 1.86. The van der Waals surface area contributed by atoms with Crippen molar-refractivity contribution in [1.82, 2.24) is 0 Å². The third-order valence-electron chi connectivity index (χ3n) is 11.9. The van der Waals surface area contributed by atoms with Gasteiger partial charge in [0.15, 0.2) is 0 Å². The lowest BCUT2D eigenvalue weighted by Crippen LogP contribution is -2.11. The van der Waals surface area contributed by atoms with Gasteiger partial charge >= 0.3 is 0 Å². The standard InChI is InChI=1S/C56H35NOS/c1-2-13-41-35-54-50(33-40(41)12-1)49-34-42(29-32-53(49)58-54)46-16-5-7-20-51(46)57(52-21-10-19-48-47-17-6-8-22-55(47)59-56(48)52)43-30-27-37(28-31-43)36-23-25-39(26-24-36)45-18-9-14-38-11-3-4-15-44(38)45/h1-35H. The number of hydrogen-bond donors (Lipinski definition) is 0. The van der Waals surface area contributed by atoms with Crippen LogP contribution in [0.5, 0.6) is 0 Å². The Morgan fingerprint density at radius 2 is 0.915 bits per heavy atom. The van der Waals surface area contributed by atoms with Crippen molar-refractivity contribution < 1.29 is 4.42 Å². The fraction of sp³-hybridized carbons (Fsp3) is 0. The predicted molar refractivity (Wildman–Crippen MR) is 253 cm³/mol. The normalized spacial score (nSPS) is 11.7. The fourth-order valence-electron chi connectivity index (χ4n) is 8.98. The first-order chi connectivity index (χ1) is 29.2. The van der Waals surface area contributed by atoms with Gasteiger partial charge in [-0.25, -0.2) is 0 Å². The minimum absolute atomic E-state index is 0.893. The summed E-state index contributed by atoms with van der Waals surface area (Å²) in [5, 5.41) is 9.72. The largest absolute Gasteiger partial charge is 0.456 e. The number of furan rings is 1. The van der Waals surface area contributed by atoms with E-state index in [1.165, 1.54) is 64.0 Å². The van der Waals surface area contributed by atoms with Gasteiger partial charge in [-0.1, -0.05) is 158 Å². The van der Waals surface area contributed by atoms with Gasteiger partial charge in [0, 0.05) is 37.5 Å². The van der Waals surface area contributed by atoms with Gasteiger partial charge in [-0.15, -0.1) is 11.3 Å². The monoisotopic (exact) mass is 769 g/mol. The Labute approximate surface area is 345 Å². The van der Waals surface area contributed by atoms with Crippen molar-refractivity contribution in [3.05, 3.63) is 212 Å². The minimum Gasteiger partial charge on any atom is -0.456 e. The number of para-hydroxylation sites is 1. The lowest BCUT2D eigenvalue weighted by Gasteiger charge is -2.28. The highest BCUT2D eigenvalue weighted by atomic mass is 32.1. The van der Waals surface area contributed by atoms with E-state index in [4.69, 9.17) is 4.42 Å². The van der Waals surface area contributed by atoms with Crippen LogP contribution in [0, 0.1) is 0 Å². The molecule has 0 N–H and O–H groups in total. The lowest BCUT2D eigenvalue weighted by atomic mass is 9.96. The summed E-state index contributed by atoms with van der Waals surface area (Å²) in [4.78, 5) is 2.45. The molecule has 12 rings (SSSR count). The van der Waals surface area contributed by atoms with Crippen molar-refractivity contribution in [3.8, 4) is 33.4 Å². The maximum atomic E-state index is 6.43. The number of thiophene rings is 1. The Bertz CT molecular complexity index is 3550. The molecule has 2 nitrogen and oxygen atoms in total. The van der Waals surface area contributed by atoms with Crippen LogP contribution in [-0.4, -0.2) is 0 Å². The second kappa shape index (κ2) is 13.6. The minimum atomic E-state index is 0.893. The quantitative estimate of drug-likeness (QED) is 0.167. The van der Waals surface area contributed by atoms with Crippen molar-refractivity contribution in [2.75, 3.05) is 4.90 Å². The van der Waals surface area contributed by atoms with E-state index in [9.17, 15) is 0 Å². The molecule has 0 saturated heterocycles. The molecule has 0 amide bonds. The summed E-state index contributed by atoms with van der Waals surface area (Å²) < 4.78 is 8.98. The highest BCUT2D eigenvalue weighted by molar-refractivity contribution is 7.26. The SMILES string of the molecule is c1ccc(N(c2ccc(-c3ccc(-c4cccc5ccccc45)cc3)cc2)c2cccc3c2sc2ccccc23)c(-c2ccc3oc4cc5ccccc5cc4c3c2)c1. The highest BCUT2D eigenvalue weighted by Gasteiger charge is 2.22. The number of fused-ring (bicyclic) bond motifs is 8. The van der Waals surface area contributed by atoms with Gasteiger partial charge in [-0.2, -0.15) is 0 Å². The molecule has 3 heteroatoms. The van der Waals surface area contributed by atoms with E-state index >= 15 is 0 Å². The summed E-state index contributed by atoms with van der Waals surface area (Å²) in [6, 6.07) is 77.0. The van der Waals surface area contributed by atoms with Gasteiger partial charge < -0.3 is 9.32 Å². The third-order valence-corrected chi connectivity index (χ3v) is 13.1. The lowest BCUT2D eigenvalue weighted by molar-refractivity contribution is 0.669. The van der Waals surface area contributed by atoms with Crippen LogP contribution in [0.25, 0.3) is 97.0 Å². The van der Waals surface area contributed by atoms with Gasteiger partial charge in [-0.05, 0) is 104 Å². The van der Waals surface area contributed by atoms with E-state index in [-0.39, 0.29) is 0 Å². The molecule has 59 heavy (non-hydrogen) atoms. The number of hydrogen-bond acceptors (Lipinski definition) is 3. The molecule has 0 saturated carbocycles. The molecule has 10 aromatic carbocycles. The summed E-state index contributed by atoms with van der Waals surface area (Å²) in [5.74, 6) is 0. The smallest absolute Gasteiger partial charge is 0.136 e. The zero-order valence-electron chi connectivity index (χ0n) is 32.0. The Balaban J connectivity index is 0.994. The predicted octanol–water partition coefficient (Wildman–Crippen LogP) is 16.7. The van der Waals surface area contributed by atoms with E-state index in [0.717, 1.165) is 50.1 Å². The molecule has 0 radical (unpaired) electrons. The molecule has 0 aliphatic rings. The van der Waals surface area contributed by atoms with Crippen LogP contribution in [0.2, 0.25) is 0 Å². The third kappa shape index (κ3) is 5.62. The number of benzene rings is 10. The Morgan fingerprint density at radius 1 is 0.339 bits per heavy atom. The van der Waals surface area contributed by atoms with Crippen LogP contribution >= 0.6 is 11.3 Å². The van der Waals surface area contributed by atoms with Gasteiger partial charge in [0.2, 0.25) is 0 Å². The zero-order valence-corrected chi connectivity index (χ0v) is 32.8. The number of anilines is 3. The van der Waals surface area contributed by atoms with Crippen molar-refractivity contribution in [3.63, 3.8) is 0 Å². The van der Waals surface area contributed by atoms with Crippen molar-refractivity contribution in [2.24, 2.45) is 0 Å². The Hall–Kier alpha value is -7.46. The van der Waals surface area contributed by atoms with Gasteiger partial charge in [-0.3, -0.25) is 0 Å². The molecule has 2 heterocycles. The van der Waals surface area contributed by atoms with Crippen molar-refractivity contribution in [1.29, 1.82) is 0 Å². The fourth-order valence-corrected chi connectivity index (χ4v) is 10.2. The number of nitrogens with zero attached hydrogens (tertiary/aromatic N) is 1. The summed E-state index contributed by atoms with van der Waals surface area (Å²) in [6.07, 6.45) is 0. The average molecular weight is 770 g/mol. The highest BCUT2D eigenvalue weighted by Crippen LogP contribution is 2.48. The van der Waals surface area contributed by atoms with E-state index < -0.39 is 0 Å². The van der Waals surface area contributed by atoms with Gasteiger partial charge in [0.05, 0.1) is 16.1 Å². The maximum Gasteiger partial charge on any atom is 0.136 e. The molecule has 276 valence electrons. The van der Waals surface area contributed by atoms with Gasteiger partial charge in [0.1, 0.15) is 11.2 Å². The Kier molecular flexibility index (Phi) is 7.75. The molecule has 0 aliphatic heterocycles. The Morgan fingerprint density at radius 3 is 1.76 bits per heavy atom. The van der Waals surface area contributed by atoms with E-state index in [0.29, 0.717) is 0 Å². The molecular formula is C56H35NOS. The van der Waals surface area contributed by atoms with Crippen LogP contribution in [0.3, 0.4) is 0 Å². The van der Waals surface area contributed by atoms with Crippen molar-refractivity contribution in [2.45, 2.75) is 0 Å². The molecule has 0 unspecified atom stereocenters. The topological polar surface area (TPSA) is 16.4 Å². The van der Waals surface area contributed by atoms with E-state index in [1.807, 2.05) is 11.3 Å². The molecule has 0 atom stereocenters. The summed E-state index contributed by atoms with van der Waals surface area (Å²) in [5.41, 5.74) is 12.3. The molecule has 0 fully saturated rings. The van der Waals surface area contributed by atoms with Crippen LogP contribution in [0.15, 0.2) is 217 Å². The van der Waals surface area contributed by atoms with Crippen LogP contribution < -0.4 is 4.90 Å². The molecule has 2 aromatic heterocycles. The van der Waals surface area contributed by atoms with Crippen LogP contribution in [0.4, 0.5) is 17.1 Å². The first-order valence-electron chi connectivity index (χ1n) is 20.1. The molecular weight excluding hydrogens is 735 g/mol. The van der Waals surface area contributed by atoms with E-state index in [2.05, 4.69) is 217 Å². The van der Waals surface area contributed by atoms with Gasteiger partial charge in [0.25, 0.3) is 0 Å². The molecule has 0 bridgehead atoms. The summed E-state index contributed by atoms with van der Waals surface area (Å²) in [7, 11) is 0. The second-order valence-electron chi connectivity index (χ2n) is 15.3.